The fourth-order valence-corrected chi connectivity index (χ4v) is 4.66. The maximum Gasteiger partial charge on any atom is 0.293 e. The highest BCUT2D eigenvalue weighted by Crippen LogP contribution is 2.35. The van der Waals surface area contributed by atoms with Crippen LogP contribution in [-0.4, -0.2) is 28.1 Å². The smallest absolute Gasteiger partial charge is 0.293 e. The number of hydrogen-bond acceptors (Lipinski definition) is 7. The minimum absolute atomic E-state index is 0.0109. The molecule has 1 fully saturated rings. The quantitative estimate of drug-likeness (QED) is 0.186. The minimum atomic E-state index is -0.457. The first-order chi connectivity index (χ1) is 16.8. The van der Waals surface area contributed by atoms with Crippen LogP contribution in [-0.2, 0) is 17.9 Å². The lowest BCUT2D eigenvalue weighted by molar-refractivity contribution is -0.384. The van der Waals surface area contributed by atoms with Crippen molar-refractivity contribution in [2.75, 3.05) is 7.11 Å². The van der Waals surface area contributed by atoms with Gasteiger partial charge in [-0.2, -0.15) is 0 Å². The fourth-order valence-electron chi connectivity index (χ4n) is 3.37. The summed E-state index contributed by atoms with van der Waals surface area (Å²) >= 11 is 4.29. The number of benzene rings is 3. The van der Waals surface area contributed by atoms with Crippen LogP contribution in [0.25, 0.3) is 6.08 Å². The summed E-state index contributed by atoms with van der Waals surface area (Å²) in [6.45, 7) is 0.391. The van der Waals surface area contributed by atoms with E-state index in [-0.39, 0.29) is 30.0 Å². The second-order valence-electron chi connectivity index (χ2n) is 7.52. The third kappa shape index (κ3) is 5.90. The predicted molar refractivity (Wildman–Crippen MR) is 136 cm³/mol. The topological polar surface area (TPSA) is 99.0 Å². The van der Waals surface area contributed by atoms with Crippen LogP contribution in [0.5, 0.6) is 11.5 Å². The van der Waals surface area contributed by atoms with Gasteiger partial charge in [-0.15, -0.1) is 0 Å². The van der Waals surface area contributed by atoms with Crippen molar-refractivity contribution in [2.24, 2.45) is 0 Å². The van der Waals surface area contributed by atoms with Gasteiger partial charge in [0, 0.05) is 16.6 Å². The summed E-state index contributed by atoms with van der Waals surface area (Å²) in [6.07, 6.45) is 1.65. The molecule has 3 aromatic carbocycles. The molecular weight excluding hydrogens is 536 g/mol. The van der Waals surface area contributed by atoms with Crippen molar-refractivity contribution in [3.8, 4) is 11.5 Å². The zero-order valence-corrected chi connectivity index (χ0v) is 20.9. The van der Waals surface area contributed by atoms with Crippen molar-refractivity contribution in [3.05, 3.63) is 103 Å². The summed E-state index contributed by atoms with van der Waals surface area (Å²) in [5, 5.41) is 10.5. The monoisotopic (exact) mass is 554 g/mol. The van der Waals surface area contributed by atoms with Crippen LogP contribution in [0.15, 0.2) is 76.1 Å². The van der Waals surface area contributed by atoms with Crippen LogP contribution in [0, 0.1) is 10.1 Å². The Morgan fingerprint density at radius 3 is 2.49 bits per heavy atom. The zero-order valence-electron chi connectivity index (χ0n) is 18.5. The van der Waals surface area contributed by atoms with Crippen molar-refractivity contribution in [2.45, 2.75) is 13.2 Å². The standard InChI is InChI=1S/C25H19BrN2O6S/c1-33-22-12-17(7-10-21(22)34-15-16-5-8-20(9-6-16)28(31)32)13-23-24(29)27(25(30)35-23)14-18-3-2-4-19(26)11-18/h2-13H,14-15H2,1H3/b23-13+. The van der Waals surface area contributed by atoms with E-state index in [0.717, 1.165) is 27.4 Å². The van der Waals surface area contributed by atoms with Gasteiger partial charge in [0.1, 0.15) is 6.61 Å². The number of rotatable bonds is 8. The number of amides is 2. The lowest BCUT2D eigenvalue weighted by Crippen LogP contribution is -2.27. The van der Waals surface area contributed by atoms with E-state index < -0.39 is 4.92 Å². The van der Waals surface area contributed by atoms with E-state index in [1.165, 1.54) is 24.1 Å². The summed E-state index contributed by atoms with van der Waals surface area (Å²) in [5.41, 5.74) is 2.30. The molecule has 0 unspecified atom stereocenters. The molecule has 0 aliphatic carbocycles. The Bertz CT molecular complexity index is 1330. The Morgan fingerprint density at radius 2 is 1.80 bits per heavy atom. The van der Waals surface area contributed by atoms with E-state index in [0.29, 0.717) is 22.0 Å². The third-order valence-corrected chi connectivity index (χ3v) is 6.53. The number of nitrogens with zero attached hydrogens (tertiary/aromatic N) is 2. The number of nitro benzene ring substituents is 1. The number of carbonyl (C=O) groups excluding carboxylic acids is 2. The molecule has 3 aromatic rings. The normalized spacial score (nSPS) is 14.5. The van der Waals surface area contributed by atoms with Gasteiger partial charge in [-0.1, -0.05) is 34.1 Å². The average molecular weight is 555 g/mol. The molecule has 1 saturated heterocycles. The Labute approximate surface area is 213 Å². The summed E-state index contributed by atoms with van der Waals surface area (Å²) in [4.78, 5) is 37.2. The summed E-state index contributed by atoms with van der Waals surface area (Å²) in [5.74, 6) is 0.581. The number of nitro groups is 1. The van der Waals surface area contributed by atoms with E-state index in [1.54, 1.807) is 36.4 Å². The Balaban J connectivity index is 1.46. The van der Waals surface area contributed by atoms with Gasteiger partial charge in [-0.3, -0.25) is 24.6 Å². The lowest BCUT2D eigenvalue weighted by atomic mass is 10.1. The molecule has 0 spiro atoms. The van der Waals surface area contributed by atoms with E-state index in [4.69, 9.17) is 9.47 Å². The highest BCUT2D eigenvalue weighted by atomic mass is 79.9. The molecule has 2 amide bonds. The molecule has 35 heavy (non-hydrogen) atoms. The third-order valence-electron chi connectivity index (χ3n) is 5.13. The van der Waals surface area contributed by atoms with Crippen LogP contribution >= 0.6 is 27.7 Å². The molecule has 0 atom stereocenters. The highest BCUT2D eigenvalue weighted by molar-refractivity contribution is 9.10. The van der Waals surface area contributed by atoms with Crippen LogP contribution < -0.4 is 9.47 Å². The van der Waals surface area contributed by atoms with Gasteiger partial charge in [-0.25, -0.2) is 0 Å². The van der Waals surface area contributed by atoms with E-state index in [2.05, 4.69) is 15.9 Å². The molecule has 0 saturated carbocycles. The molecule has 0 aromatic heterocycles. The number of carbonyl (C=O) groups is 2. The highest BCUT2D eigenvalue weighted by Gasteiger charge is 2.35. The first-order valence-corrected chi connectivity index (χ1v) is 12.0. The van der Waals surface area contributed by atoms with Gasteiger partial charge in [0.15, 0.2) is 11.5 Å². The number of hydrogen-bond donors (Lipinski definition) is 0. The Morgan fingerprint density at radius 1 is 1.03 bits per heavy atom. The maximum atomic E-state index is 12.9. The first kappa shape index (κ1) is 24.5. The molecule has 0 radical (unpaired) electrons. The second-order valence-corrected chi connectivity index (χ2v) is 9.43. The fraction of sp³-hybridized carbons (Fsp3) is 0.120. The molecule has 0 bridgehead atoms. The number of thioether (sulfide) groups is 1. The molecule has 0 N–H and O–H groups in total. The van der Waals surface area contributed by atoms with Gasteiger partial charge in [-0.05, 0) is 70.9 Å². The number of imide groups is 1. The first-order valence-electron chi connectivity index (χ1n) is 10.4. The van der Waals surface area contributed by atoms with E-state index >= 15 is 0 Å². The second kappa shape index (κ2) is 10.7. The molecular formula is C25H19BrN2O6S. The molecule has 178 valence electrons. The molecule has 1 heterocycles. The van der Waals surface area contributed by atoms with Crippen LogP contribution in [0.2, 0.25) is 0 Å². The van der Waals surface area contributed by atoms with Crippen molar-refractivity contribution in [3.63, 3.8) is 0 Å². The minimum Gasteiger partial charge on any atom is -0.493 e. The van der Waals surface area contributed by atoms with Crippen LogP contribution in [0.3, 0.4) is 0 Å². The molecule has 4 rings (SSSR count). The van der Waals surface area contributed by atoms with Crippen LogP contribution in [0.4, 0.5) is 10.5 Å². The van der Waals surface area contributed by atoms with E-state index in [9.17, 15) is 19.7 Å². The van der Waals surface area contributed by atoms with Crippen molar-refractivity contribution in [1.29, 1.82) is 0 Å². The lowest BCUT2D eigenvalue weighted by Gasteiger charge is -2.13. The summed E-state index contributed by atoms with van der Waals surface area (Å²) in [7, 11) is 1.50. The number of non-ortho nitro benzene ring substituents is 1. The van der Waals surface area contributed by atoms with Gasteiger partial charge in [0.2, 0.25) is 0 Å². The van der Waals surface area contributed by atoms with Crippen LogP contribution in [0.1, 0.15) is 16.7 Å². The number of methoxy groups -OCH3 is 1. The predicted octanol–water partition coefficient (Wildman–Crippen LogP) is 6.18. The Hall–Kier alpha value is -3.63. The molecule has 1 aliphatic heterocycles. The number of halogens is 1. The molecule has 1 aliphatic rings. The number of ether oxygens (including phenoxy) is 2. The largest absolute Gasteiger partial charge is 0.493 e. The van der Waals surface area contributed by atoms with Crippen molar-refractivity contribution >= 4 is 50.6 Å². The summed E-state index contributed by atoms with van der Waals surface area (Å²) in [6, 6.07) is 18.7. The van der Waals surface area contributed by atoms with Gasteiger partial charge >= 0.3 is 0 Å². The Kier molecular flexibility index (Phi) is 7.52. The van der Waals surface area contributed by atoms with Gasteiger partial charge in [0.25, 0.3) is 16.8 Å². The van der Waals surface area contributed by atoms with Gasteiger partial charge in [0.05, 0.1) is 23.5 Å². The zero-order chi connectivity index (χ0) is 24.9. The van der Waals surface area contributed by atoms with Crippen molar-refractivity contribution in [1.82, 2.24) is 4.90 Å². The van der Waals surface area contributed by atoms with Crippen molar-refractivity contribution < 1.29 is 24.0 Å². The average Bonchev–Trinajstić information content (AvgIpc) is 3.10. The van der Waals surface area contributed by atoms with Gasteiger partial charge < -0.3 is 9.47 Å². The molecule has 8 nitrogen and oxygen atoms in total. The maximum absolute atomic E-state index is 12.9. The SMILES string of the molecule is COc1cc(/C=C2/SC(=O)N(Cc3cccc(Br)c3)C2=O)ccc1OCc1ccc([N+](=O)[O-])cc1. The molecule has 10 heteroatoms. The van der Waals surface area contributed by atoms with E-state index in [1.807, 2.05) is 24.3 Å². The summed E-state index contributed by atoms with van der Waals surface area (Å²) < 4.78 is 12.1.